The van der Waals surface area contributed by atoms with Gasteiger partial charge in [0.1, 0.15) is 5.82 Å². The lowest BCUT2D eigenvalue weighted by Gasteiger charge is -2.34. The first-order valence-electron chi connectivity index (χ1n) is 6.72. The molecule has 0 fully saturated rings. The van der Waals surface area contributed by atoms with Crippen molar-refractivity contribution in [2.75, 3.05) is 26.8 Å². The second kappa shape index (κ2) is 7.58. The minimum absolute atomic E-state index is 0.116. The number of ether oxygens (including phenoxy) is 1. The first kappa shape index (κ1) is 16.1. The molecule has 0 spiro atoms. The predicted molar refractivity (Wildman–Crippen MR) is 76.7 cm³/mol. The van der Waals surface area contributed by atoms with Crippen LogP contribution in [0.3, 0.4) is 0 Å². The summed E-state index contributed by atoms with van der Waals surface area (Å²) in [6.07, 6.45) is 0. The van der Waals surface area contributed by atoms with Crippen LogP contribution in [0.25, 0.3) is 0 Å². The van der Waals surface area contributed by atoms with Crippen LogP contribution in [0, 0.1) is 12.7 Å². The Balaban J connectivity index is 3.04. The Labute approximate surface area is 115 Å². The molecule has 1 aromatic carbocycles. The second-order valence-corrected chi connectivity index (χ2v) is 5.10. The van der Waals surface area contributed by atoms with E-state index in [1.807, 2.05) is 13.0 Å². The van der Waals surface area contributed by atoms with E-state index in [0.717, 1.165) is 12.1 Å². The van der Waals surface area contributed by atoms with Crippen LogP contribution in [-0.2, 0) is 4.74 Å². The molecule has 0 heterocycles. The first-order valence-corrected chi connectivity index (χ1v) is 6.72. The number of hydrogen-bond acceptors (Lipinski definition) is 3. The molecular weight excluding hydrogens is 243 g/mol. The van der Waals surface area contributed by atoms with Crippen LogP contribution in [-0.4, -0.2) is 37.7 Å². The minimum atomic E-state index is -0.191. The standard InChI is InChI=1S/C15H25FN2O/c1-11(2)18(7-8-19-4)15(10-17)13-9-12(3)5-6-14(13)16/h5-6,9,11,15H,7-8,10,17H2,1-4H3. The van der Waals surface area contributed by atoms with Gasteiger partial charge in [-0.3, -0.25) is 4.90 Å². The van der Waals surface area contributed by atoms with E-state index < -0.39 is 0 Å². The van der Waals surface area contributed by atoms with Crippen LogP contribution >= 0.6 is 0 Å². The molecule has 0 aliphatic carbocycles. The van der Waals surface area contributed by atoms with E-state index in [-0.39, 0.29) is 17.9 Å². The van der Waals surface area contributed by atoms with E-state index in [0.29, 0.717) is 18.7 Å². The van der Waals surface area contributed by atoms with Crippen molar-refractivity contribution in [2.24, 2.45) is 5.73 Å². The number of rotatable bonds is 7. The average Bonchev–Trinajstić information content (AvgIpc) is 2.37. The van der Waals surface area contributed by atoms with Gasteiger partial charge in [-0.2, -0.15) is 0 Å². The van der Waals surface area contributed by atoms with E-state index in [9.17, 15) is 4.39 Å². The summed E-state index contributed by atoms with van der Waals surface area (Å²) >= 11 is 0. The quantitative estimate of drug-likeness (QED) is 0.825. The zero-order valence-electron chi connectivity index (χ0n) is 12.3. The zero-order chi connectivity index (χ0) is 14.4. The zero-order valence-corrected chi connectivity index (χ0v) is 12.3. The molecule has 2 N–H and O–H groups in total. The predicted octanol–water partition coefficient (Wildman–Crippen LogP) is 2.49. The van der Waals surface area contributed by atoms with Crippen molar-refractivity contribution in [1.82, 2.24) is 4.90 Å². The van der Waals surface area contributed by atoms with Crippen LogP contribution in [0.4, 0.5) is 4.39 Å². The lowest BCUT2D eigenvalue weighted by molar-refractivity contribution is 0.0965. The van der Waals surface area contributed by atoms with E-state index in [1.54, 1.807) is 13.2 Å². The minimum Gasteiger partial charge on any atom is -0.383 e. The molecule has 108 valence electrons. The summed E-state index contributed by atoms with van der Waals surface area (Å²) in [5, 5.41) is 0. The molecule has 0 saturated carbocycles. The topological polar surface area (TPSA) is 38.5 Å². The van der Waals surface area contributed by atoms with Gasteiger partial charge in [0, 0.05) is 31.8 Å². The lowest BCUT2D eigenvalue weighted by Crippen LogP contribution is -2.41. The van der Waals surface area contributed by atoms with Gasteiger partial charge in [-0.1, -0.05) is 17.7 Å². The fourth-order valence-corrected chi connectivity index (χ4v) is 2.33. The van der Waals surface area contributed by atoms with Gasteiger partial charge in [0.05, 0.1) is 12.6 Å². The highest BCUT2D eigenvalue weighted by Crippen LogP contribution is 2.25. The molecule has 0 aromatic heterocycles. The second-order valence-electron chi connectivity index (χ2n) is 5.10. The Kier molecular flexibility index (Phi) is 6.42. The van der Waals surface area contributed by atoms with Gasteiger partial charge in [0.2, 0.25) is 0 Å². The van der Waals surface area contributed by atoms with Crippen LogP contribution in [0.5, 0.6) is 0 Å². The molecule has 0 amide bonds. The number of nitrogens with zero attached hydrogens (tertiary/aromatic N) is 1. The SMILES string of the molecule is COCCN(C(C)C)C(CN)c1cc(C)ccc1F. The normalized spacial score (nSPS) is 13.3. The molecule has 3 nitrogen and oxygen atoms in total. The average molecular weight is 268 g/mol. The van der Waals surface area contributed by atoms with Crippen molar-refractivity contribution in [3.63, 3.8) is 0 Å². The number of nitrogens with two attached hydrogens (primary N) is 1. The molecule has 1 atom stereocenters. The van der Waals surface area contributed by atoms with Crippen LogP contribution in [0.1, 0.15) is 31.0 Å². The molecule has 0 aliphatic heterocycles. The van der Waals surface area contributed by atoms with Gasteiger partial charge in [0.15, 0.2) is 0 Å². The third kappa shape index (κ3) is 4.27. The largest absolute Gasteiger partial charge is 0.383 e. The molecule has 1 aromatic rings. The number of methoxy groups -OCH3 is 1. The molecular formula is C15H25FN2O. The van der Waals surface area contributed by atoms with Crippen molar-refractivity contribution in [2.45, 2.75) is 32.9 Å². The summed E-state index contributed by atoms with van der Waals surface area (Å²) in [6, 6.07) is 5.34. The molecule has 19 heavy (non-hydrogen) atoms. The molecule has 1 rings (SSSR count). The number of hydrogen-bond donors (Lipinski definition) is 1. The Morgan fingerprint density at radius 1 is 1.37 bits per heavy atom. The summed E-state index contributed by atoms with van der Waals surface area (Å²) < 4.78 is 19.2. The Bertz CT molecular complexity index is 396. The smallest absolute Gasteiger partial charge is 0.128 e. The first-order chi connectivity index (χ1) is 9.01. The highest BCUT2D eigenvalue weighted by atomic mass is 19.1. The number of halogens is 1. The fraction of sp³-hybridized carbons (Fsp3) is 0.600. The van der Waals surface area contributed by atoms with Crippen molar-refractivity contribution in [1.29, 1.82) is 0 Å². The number of benzene rings is 1. The summed E-state index contributed by atoms with van der Waals surface area (Å²) in [7, 11) is 1.67. The van der Waals surface area contributed by atoms with E-state index in [4.69, 9.17) is 10.5 Å². The third-order valence-electron chi connectivity index (χ3n) is 3.35. The van der Waals surface area contributed by atoms with Gasteiger partial charge in [0.25, 0.3) is 0 Å². The maximum atomic E-state index is 14.0. The summed E-state index contributed by atoms with van der Waals surface area (Å²) in [6.45, 7) is 7.89. The van der Waals surface area contributed by atoms with Gasteiger partial charge >= 0.3 is 0 Å². The number of aryl methyl sites for hydroxylation is 1. The van der Waals surface area contributed by atoms with Gasteiger partial charge in [-0.05, 0) is 26.8 Å². The van der Waals surface area contributed by atoms with E-state index in [2.05, 4.69) is 18.7 Å². The fourth-order valence-electron chi connectivity index (χ4n) is 2.33. The van der Waals surface area contributed by atoms with Gasteiger partial charge < -0.3 is 10.5 Å². The van der Waals surface area contributed by atoms with Crippen LogP contribution in [0.15, 0.2) is 18.2 Å². The lowest BCUT2D eigenvalue weighted by atomic mass is 10.0. The van der Waals surface area contributed by atoms with Crippen molar-refractivity contribution in [3.8, 4) is 0 Å². The van der Waals surface area contributed by atoms with Gasteiger partial charge in [-0.25, -0.2) is 4.39 Å². The maximum Gasteiger partial charge on any atom is 0.128 e. The molecule has 4 heteroatoms. The molecule has 0 radical (unpaired) electrons. The van der Waals surface area contributed by atoms with Gasteiger partial charge in [-0.15, -0.1) is 0 Å². The molecule has 1 unspecified atom stereocenters. The van der Waals surface area contributed by atoms with Crippen molar-refractivity contribution in [3.05, 3.63) is 35.1 Å². The highest BCUT2D eigenvalue weighted by Gasteiger charge is 2.24. The molecule has 0 aliphatic rings. The van der Waals surface area contributed by atoms with Crippen molar-refractivity contribution < 1.29 is 9.13 Å². The highest BCUT2D eigenvalue weighted by molar-refractivity contribution is 5.27. The third-order valence-corrected chi connectivity index (χ3v) is 3.35. The maximum absolute atomic E-state index is 14.0. The monoisotopic (exact) mass is 268 g/mol. The summed E-state index contributed by atoms with van der Waals surface area (Å²) in [4.78, 5) is 2.18. The van der Waals surface area contributed by atoms with E-state index in [1.165, 1.54) is 6.07 Å². The Morgan fingerprint density at radius 2 is 2.05 bits per heavy atom. The summed E-state index contributed by atoms with van der Waals surface area (Å²) in [5.74, 6) is -0.191. The van der Waals surface area contributed by atoms with Crippen LogP contribution in [0.2, 0.25) is 0 Å². The molecule has 0 saturated heterocycles. The van der Waals surface area contributed by atoms with E-state index >= 15 is 0 Å². The molecule has 0 bridgehead atoms. The Hall–Kier alpha value is -0.970. The van der Waals surface area contributed by atoms with Crippen LogP contribution < -0.4 is 5.73 Å². The van der Waals surface area contributed by atoms with Crippen molar-refractivity contribution >= 4 is 0 Å². The summed E-state index contributed by atoms with van der Waals surface area (Å²) in [5.41, 5.74) is 7.61. The Morgan fingerprint density at radius 3 is 2.58 bits per heavy atom.